The average Bonchev–Trinajstić information content (AvgIpc) is 2.79. The first-order chi connectivity index (χ1) is 15.1. The van der Waals surface area contributed by atoms with Gasteiger partial charge in [0.1, 0.15) is 17.7 Å². The molecule has 0 fully saturated rings. The maximum absolute atomic E-state index is 13.4. The summed E-state index contributed by atoms with van der Waals surface area (Å²) in [5.41, 5.74) is 2.10. The summed E-state index contributed by atoms with van der Waals surface area (Å²) in [7, 11) is -2.69. The number of hydrogen-bond donors (Lipinski definition) is 2. The molecule has 0 aromatic heterocycles. The number of ether oxygens (including phenoxy) is 2. The van der Waals surface area contributed by atoms with Crippen molar-refractivity contribution in [2.45, 2.75) is 50.0 Å². The second-order valence-corrected chi connectivity index (χ2v) is 9.99. The van der Waals surface area contributed by atoms with Crippen LogP contribution in [0.3, 0.4) is 0 Å². The molecule has 8 nitrogen and oxygen atoms in total. The molecule has 9 heteroatoms. The molecule has 0 bridgehead atoms. The minimum absolute atomic E-state index is 0.0491. The number of benzene rings is 2. The largest absolute Gasteiger partial charge is 0.497 e. The molecular formula is C23H32N2O6S. The minimum Gasteiger partial charge on any atom is -0.497 e. The monoisotopic (exact) mass is 464 g/mol. The Morgan fingerprint density at radius 2 is 1.75 bits per heavy atom. The molecule has 0 saturated carbocycles. The van der Waals surface area contributed by atoms with Crippen molar-refractivity contribution in [3.05, 3.63) is 54.1 Å². The van der Waals surface area contributed by atoms with E-state index in [9.17, 15) is 18.4 Å². The Hall–Kier alpha value is -2.62. The van der Waals surface area contributed by atoms with Crippen molar-refractivity contribution in [3.8, 4) is 11.5 Å². The van der Waals surface area contributed by atoms with E-state index in [4.69, 9.17) is 9.47 Å². The Morgan fingerprint density at radius 1 is 1.12 bits per heavy atom. The van der Waals surface area contributed by atoms with Gasteiger partial charge in [0.15, 0.2) is 14.6 Å². The molecule has 176 valence electrons. The van der Waals surface area contributed by atoms with Crippen LogP contribution in [0.1, 0.15) is 33.3 Å². The van der Waals surface area contributed by atoms with E-state index < -0.39 is 20.5 Å². The molecule has 0 spiro atoms. The van der Waals surface area contributed by atoms with Crippen LogP contribution in [0.4, 0.5) is 0 Å². The summed E-state index contributed by atoms with van der Waals surface area (Å²) in [4.78, 5) is 14.7. The van der Waals surface area contributed by atoms with E-state index in [1.807, 2.05) is 20.8 Å². The third-order valence-electron chi connectivity index (χ3n) is 5.62. The lowest BCUT2D eigenvalue weighted by atomic mass is 9.99. The van der Waals surface area contributed by atoms with Crippen molar-refractivity contribution in [1.29, 1.82) is 0 Å². The quantitative estimate of drug-likeness (QED) is 0.299. The van der Waals surface area contributed by atoms with Gasteiger partial charge >= 0.3 is 0 Å². The molecule has 2 N–H and O–H groups in total. The molecule has 2 atom stereocenters. The number of nitrogens with one attached hydrogen (secondary N) is 1. The maximum atomic E-state index is 13.4. The number of methoxy groups -OCH3 is 1. The number of hydrogen-bond acceptors (Lipinski definition) is 7. The summed E-state index contributed by atoms with van der Waals surface area (Å²) < 4.78 is 36.0. The smallest absolute Gasteiger partial charge is 0.265 e. The molecule has 0 radical (unpaired) electrons. The molecule has 0 aliphatic carbocycles. The fraction of sp³-hybridized carbons (Fsp3) is 0.435. The molecule has 2 aromatic carbocycles. The molecule has 0 heterocycles. The Bertz CT molecular complexity index is 1010. The summed E-state index contributed by atoms with van der Waals surface area (Å²) in [6.45, 7) is 8.98. The van der Waals surface area contributed by atoms with Crippen LogP contribution in [0.15, 0.2) is 53.4 Å². The molecule has 2 rings (SSSR count). The highest BCUT2D eigenvalue weighted by molar-refractivity contribution is 7.93. The number of rotatable bonds is 11. The Kier molecular flexibility index (Phi) is 8.65. The Balaban J connectivity index is 2.39. The molecule has 0 aliphatic rings. The molecule has 0 aliphatic heterocycles. The van der Waals surface area contributed by atoms with Gasteiger partial charge in [-0.1, -0.05) is 26.0 Å². The Labute approximate surface area is 190 Å². The van der Waals surface area contributed by atoms with Crippen LogP contribution in [-0.2, 0) is 21.1 Å². The predicted molar refractivity (Wildman–Crippen MR) is 122 cm³/mol. The summed E-state index contributed by atoms with van der Waals surface area (Å²) >= 11 is 0. The fourth-order valence-corrected chi connectivity index (χ4v) is 5.22. The molecular weight excluding hydrogens is 432 g/mol. The van der Waals surface area contributed by atoms with Gasteiger partial charge in [0.05, 0.1) is 12.0 Å². The normalized spacial score (nSPS) is 14.5. The highest BCUT2D eigenvalue weighted by atomic mass is 32.2. The van der Waals surface area contributed by atoms with Gasteiger partial charge in [0, 0.05) is 6.42 Å². The zero-order valence-electron chi connectivity index (χ0n) is 19.2. The number of sulfone groups is 1. The third kappa shape index (κ3) is 5.40. The van der Waals surface area contributed by atoms with Crippen LogP contribution in [0, 0.1) is 0 Å². The lowest BCUT2D eigenvalue weighted by Crippen LogP contribution is -2.51. The molecule has 0 saturated heterocycles. The lowest BCUT2D eigenvalue weighted by Gasteiger charge is -2.28. The van der Waals surface area contributed by atoms with Gasteiger partial charge in [-0.15, -0.1) is 0 Å². The molecule has 2 unspecified atom stereocenters. The standard InChI is InChI=1S/C23H32N2O6S/c1-6-25(7-2)17(3)31-20-10-8-9-18(15-20)16-23(4,22(26)24-27)32(28,29)21-13-11-19(30-5)12-14-21/h8-15,17,27H,6-7,16H2,1-5H3,(H,24,26). The van der Waals surface area contributed by atoms with Crippen LogP contribution < -0.4 is 15.0 Å². The van der Waals surface area contributed by atoms with Crippen molar-refractivity contribution in [3.63, 3.8) is 0 Å². The average molecular weight is 465 g/mol. The highest BCUT2D eigenvalue weighted by Gasteiger charge is 2.47. The van der Waals surface area contributed by atoms with E-state index in [2.05, 4.69) is 4.90 Å². The van der Waals surface area contributed by atoms with Crippen LogP contribution in [-0.4, -0.2) is 55.6 Å². The van der Waals surface area contributed by atoms with Crippen LogP contribution >= 0.6 is 0 Å². The number of nitrogens with zero attached hydrogens (tertiary/aromatic N) is 1. The number of carbonyl (C=O) groups is 1. The van der Waals surface area contributed by atoms with E-state index >= 15 is 0 Å². The topological polar surface area (TPSA) is 105 Å². The maximum Gasteiger partial charge on any atom is 0.265 e. The minimum atomic E-state index is -4.17. The first-order valence-electron chi connectivity index (χ1n) is 10.5. The van der Waals surface area contributed by atoms with Crippen LogP contribution in [0.25, 0.3) is 0 Å². The summed E-state index contributed by atoms with van der Waals surface area (Å²) in [5.74, 6) is 0.0380. The van der Waals surface area contributed by atoms with E-state index in [-0.39, 0.29) is 17.5 Å². The summed E-state index contributed by atoms with van der Waals surface area (Å²) in [6.07, 6.45) is -0.333. The van der Waals surface area contributed by atoms with Gasteiger partial charge in [-0.3, -0.25) is 14.9 Å². The van der Waals surface area contributed by atoms with Crippen molar-refractivity contribution < 1.29 is 27.9 Å². The SMILES string of the molecule is CCN(CC)C(C)Oc1cccc(CC(C)(C(=O)NO)S(=O)(=O)c2ccc(OC)cc2)c1. The van der Waals surface area contributed by atoms with Crippen LogP contribution in [0.5, 0.6) is 11.5 Å². The van der Waals surface area contributed by atoms with Gasteiger partial charge in [0.2, 0.25) is 0 Å². The molecule has 1 amide bonds. The van der Waals surface area contributed by atoms with E-state index in [1.165, 1.54) is 43.8 Å². The fourth-order valence-electron chi connectivity index (χ4n) is 3.56. The highest BCUT2D eigenvalue weighted by Crippen LogP contribution is 2.32. The molecule has 2 aromatic rings. The van der Waals surface area contributed by atoms with Crippen molar-refractivity contribution in [2.24, 2.45) is 0 Å². The van der Waals surface area contributed by atoms with Gasteiger partial charge in [-0.25, -0.2) is 13.9 Å². The molecule has 32 heavy (non-hydrogen) atoms. The van der Waals surface area contributed by atoms with Crippen LogP contribution in [0.2, 0.25) is 0 Å². The number of amides is 1. The van der Waals surface area contributed by atoms with Crippen molar-refractivity contribution in [2.75, 3.05) is 20.2 Å². The number of carbonyl (C=O) groups excluding carboxylic acids is 1. The Morgan fingerprint density at radius 3 is 2.28 bits per heavy atom. The second-order valence-electron chi connectivity index (χ2n) is 7.61. The number of hydroxylamine groups is 1. The van der Waals surface area contributed by atoms with Gasteiger partial charge in [-0.2, -0.15) is 0 Å². The third-order valence-corrected chi connectivity index (χ3v) is 8.03. The van der Waals surface area contributed by atoms with E-state index in [0.717, 1.165) is 13.1 Å². The van der Waals surface area contributed by atoms with Gasteiger partial charge in [0.25, 0.3) is 5.91 Å². The zero-order chi connectivity index (χ0) is 23.9. The van der Waals surface area contributed by atoms with E-state index in [0.29, 0.717) is 17.1 Å². The van der Waals surface area contributed by atoms with Crippen molar-refractivity contribution in [1.82, 2.24) is 10.4 Å². The zero-order valence-corrected chi connectivity index (χ0v) is 20.0. The van der Waals surface area contributed by atoms with Gasteiger partial charge < -0.3 is 9.47 Å². The lowest BCUT2D eigenvalue weighted by molar-refractivity contribution is -0.131. The predicted octanol–water partition coefficient (Wildman–Crippen LogP) is 3.04. The van der Waals surface area contributed by atoms with E-state index in [1.54, 1.807) is 24.3 Å². The summed E-state index contributed by atoms with van der Waals surface area (Å²) in [5, 5.41) is 9.32. The second kappa shape index (κ2) is 10.8. The first kappa shape index (κ1) is 25.6. The summed E-state index contributed by atoms with van der Waals surface area (Å²) in [6, 6.07) is 12.7. The van der Waals surface area contributed by atoms with Gasteiger partial charge in [-0.05, 0) is 68.9 Å². The van der Waals surface area contributed by atoms with Crippen molar-refractivity contribution >= 4 is 15.7 Å². The first-order valence-corrected chi connectivity index (χ1v) is 11.9.